The first-order valence-electron chi connectivity index (χ1n) is 7.27. The van der Waals surface area contributed by atoms with Crippen molar-refractivity contribution < 1.29 is 9.13 Å². The van der Waals surface area contributed by atoms with Crippen molar-refractivity contribution in [3.05, 3.63) is 66.6 Å². The molecule has 24 heavy (non-hydrogen) atoms. The summed E-state index contributed by atoms with van der Waals surface area (Å²) in [6.45, 7) is 1.78. The molecule has 0 fully saturated rings. The van der Waals surface area contributed by atoms with Crippen LogP contribution in [0, 0.1) is 12.7 Å². The van der Waals surface area contributed by atoms with E-state index in [4.69, 9.17) is 4.74 Å². The van der Waals surface area contributed by atoms with E-state index < -0.39 is 0 Å². The Balaban J connectivity index is 1.84. The Bertz CT molecular complexity index is 999. The quantitative estimate of drug-likeness (QED) is 0.578. The van der Waals surface area contributed by atoms with Gasteiger partial charge >= 0.3 is 0 Å². The van der Waals surface area contributed by atoms with Crippen LogP contribution in [0.25, 0.3) is 16.7 Å². The van der Waals surface area contributed by atoms with Crippen molar-refractivity contribution in [3.8, 4) is 17.3 Å². The zero-order chi connectivity index (χ0) is 16.5. The summed E-state index contributed by atoms with van der Waals surface area (Å²) in [7, 11) is 0. The van der Waals surface area contributed by atoms with Crippen LogP contribution in [0.5, 0.6) is 11.6 Å². The van der Waals surface area contributed by atoms with Crippen molar-refractivity contribution in [2.45, 2.75) is 6.92 Å². The average Bonchev–Trinajstić information content (AvgIpc) is 3.00. The Morgan fingerprint density at radius 3 is 2.62 bits per heavy atom. The fraction of sp³-hybridized carbons (Fsp3) is 0.0588. The van der Waals surface area contributed by atoms with E-state index in [1.807, 2.05) is 0 Å². The summed E-state index contributed by atoms with van der Waals surface area (Å²) in [5.41, 5.74) is 1.30. The molecule has 3 aromatic heterocycles. The predicted octanol–water partition coefficient (Wildman–Crippen LogP) is 3.45. The van der Waals surface area contributed by atoms with Gasteiger partial charge in [0.15, 0.2) is 5.65 Å². The summed E-state index contributed by atoms with van der Waals surface area (Å²) >= 11 is 0. The highest BCUT2D eigenvalue weighted by molar-refractivity contribution is 5.81. The number of aryl methyl sites for hydroxylation is 1. The summed E-state index contributed by atoms with van der Waals surface area (Å²) in [6.07, 6.45) is 4.90. The van der Waals surface area contributed by atoms with Crippen LogP contribution in [0.2, 0.25) is 0 Å². The number of nitrogens with zero attached hydrogens (tertiary/aromatic N) is 5. The fourth-order valence-corrected chi connectivity index (χ4v) is 2.35. The fourth-order valence-electron chi connectivity index (χ4n) is 2.35. The highest BCUT2D eigenvalue weighted by atomic mass is 19.1. The lowest BCUT2D eigenvalue weighted by molar-refractivity contribution is 0.464. The van der Waals surface area contributed by atoms with E-state index in [0.717, 1.165) is 0 Å². The largest absolute Gasteiger partial charge is 0.436 e. The third-order valence-electron chi connectivity index (χ3n) is 3.43. The van der Waals surface area contributed by atoms with Crippen LogP contribution in [0.15, 0.2) is 55.0 Å². The van der Waals surface area contributed by atoms with Crippen LogP contribution in [0.4, 0.5) is 4.39 Å². The molecule has 0 atom stereocenters. The van der Waals surface area contributed by atoms with Crippen molar-refractivity contribution in [3.63, 3.8) is 0 Å². The summed E-state index contributed by atoms with van der Waals surface area (Å²) in [5.74, 6) is 1.22. The lowest BCUT2D eigenvalue weighted by Gasteiger charge is -2.07. The first kappa shape index (κ1) is 14.3. The Morgan fingerprint density at radius 1 is 1.04 bits per heavy atom. The van der Waals surface area contributed by atoms with E-state index in [2.05, 4.69) is 20.1 Å². The number of rotatable bonds is 3. The molecule has 118 valence electrons. The first-order chi connectivity index (χ1) is 11.7. The Hall–Kier alpha value is -3.35. The van der Waals surface area contributed by atoms with Gasteiger partial charge in [-0.3, -0.25) is 4.98 Å². The number of halogens is 1. The normalized spacial score (nSPS) is 10.9. The second kappa shape index (κ2) is 5.69. The summed E-state index contributed by atoms with van der Waals surface area (Å²) < 4.78 is 20.6. The smallest absolute Gasteiger partial charge is 0.233 e. The minimum absolute atomic E-state index is 0.304. The molecule has 0 saturated heterocycles. The van der Waals surface area contributed by atoms with E-state index in [1.54, 1.807) is 54.5 Å². The maximum Gasteiger partial charge on any atom is 0.233 e. The molecule has 3 heterocycles. The van der Waals surface area contributed by atoms with E-state index in [9.17, 15) is 4.39 Å². The van der Waals surface area contributed by atoms with E-state index in [0.29, 0.717) is 34.2 Å². The molecule has 0 amide bonds. The van der Waals surface area contributed by atoms with E-state index in [1.165, 1.54) is 12.1 Å². The molecule has 0 N–H and O–H groups in total. The van der Waals surface area contributed by atoms with Crippen LogP contribution in [-0.2, 0) is 0 Å². The Kier molecular flexibility index (Phi) is 3.38. The Labute approximate surface area is 136 Å². The molecule has 4 aromatic rings. The van der Waals surface area contributed by atoms with Gasteiger partial charge in [0.2, 0.25) is 5.88 Å². The van der Waals surface area contributed by atoms with Crippen LogP contribution >= 0.6 is 0 Å². The SMILES string of the molecule is Cc1nc(Oc2cccnc2)c2cnn(-c3ccc(F)cc3)c2n1. The van der Waals surface area contributed by atoms with Gasteiger partial charge in [-0.15, -0.1) is 0 Å². The summed E-state index contributed by atoms with van der Waals surface area (Å²) in [4.78, 5) is 12.8. The molecule has 0 radical (unpaired) electrons. The minimum atomic E-state index is -0.304. The third-order valence-corrected chi connectivity index (χ3v) is 3.43. The number of hydrogen-bond donors (Lipinski definition) is 0. The molecule has 0 aliphatic carbocycles. The van der Waals surface area contributed by atoms with Crippen molar-refractivity contribution in [1.82, 2.24) is 24.7 Å². The lowest BCUT2D eigenvalue weighted by atomic mass is 10.3. The van der Waals surface area contributed by atoms with Crippen LogP contribution in [0.1, 0.15) is 5.82 Å². The van der Waals surface area contributed by atoms with Crippen LogP contribution in [0.3, 0.4) is 0 Å². The van der Waals surface area contributed by atoms with Gasteiger partial charge in [0.05, 0.1) is 18.1 Å². The van der Waals surface area contributed by atoms with Gasteiger partial charge in [0.1, 0.15) is 22.8 Å². The van der Waals surface area contributed by atoms with Crippen molar-refractivity contribution >= 4 is 11.0 Å². The maximum atomic E-state index is 13.1. The molecular formula is C17H12FN5O. The van der Waals surface area contributed by atoms with Gasteiger partial charge in [-0.2, -0.15) is 10.1 Å². The standard InChI is InChI=1S/C17H12FN5O/c1-11-21-16-15(17(22-11)24-14-3-2-8-19-9-14)10-20-23(16)13-6-4-12(18)5-7-13/h2-10H,1H3. The van der Waals surface area contributed by atoms with Crippen molar-refractivity contribution in [2.75, 3.05) is 0 Å². The van der Waals surface area contributed by atoms with E-state index in [-0.39, 0.29) is 5.82 Å². The first-order valence-corrected chi connectivity index (χ1v) is 7.27. The maximum absolute atomic E-state index is 13.1. The molecule has 0 bridgehead atoms. The molecule has 0 aliphatic rings. The zero-order valence-corrected chi connectivity index (χ0v) is 12.7. The van der Waals surface area contributed by atoms with Gasteiger partial charge in [-0.1, -0.05) is 0 Å². The molecule has 0 aliphatic heterocycles. The Morgan fingerprint density at radius 2 is 1.88 bits per heavy atom. The third kappa shape index (κ3) is 2.56. The van der Waals surface area contributed by atoms with Crippen LogP contribution < -0.4 is 4.74 Å². The molecule has 0 unspecified atom stereocenters. The van der Waals surface area contributed by atoms with Gasteiger partial charge in [0.25, 0.3) is 0 Å². The lowest BCUT2D eigenvalue weighted by Crippen LogP contribution is -2.00. The monoisotopic (exact) mass is 321 g/mol. The number of ether oxygens (including phenoxy) is 1. The second-order valence-electron chi connectivity index (χ2n) is 5.14. The van der Waals surface area contributed by atoms with Crippen molar-refractivity contribution in [2.24, 2.45) is 0 Å². The highest BCUT2D eigenvalue weighted by Crippen LogP contribution is 2.28. The molecule has 4 rings (SSSR count). The number of benzene rings is 1. The molecule has 0 spiro atoms. The van der Waals surface area contributed by atoms with Gasteiger partial charge in [-0.25, -0.2) is 14.1 Å². The molecule has 1 aromatic carbocycles. The molecule has 7 heteroatoms. The minimum Gasteiger partial charge on any atom is -0.436 e. The predicted molar refractivity (Wildman–Crippen MR) is 85.7 cm³/mol. The molecule has 6 nitrogen and oxygen atoms in total. The average molecular weight is 321 g/mol. The van der Waals surface area contributed by atoms with Crippen molar-refractivity contribution in [1.29, 1.82) is 0 Å². The summed E-state index contributed by atoms with van der Waals surface area (Å²) in [5, 5.41) is 5.00. The number of aromatic nitrogens is 5. The molecular weight excluding hydrogens is 309 g/mol. The van der Waals surface area contributed by atoms with Gasteiger partial charge in [-0.05, 0) is 43.3 Å². The highest BCUT2D eigenvalue weighted by Gasteiger charge is 2.14. The number of fused-ring (bicyclic) bond motifs is 1. The van der Waals surface area contributed by atoms with E-state index >= 15 is 0 Å². The van der Waals surface area contributed by atoms with Crippen LogP contribution in [-0.4, -0.2) is 24.7 Å². The topological polar surface area (TPSA) is 65.7 Å². The second-order valence-corrected chi connectivity index (χ2v) is 5.14. The molecule has 0 saturated carbocycles. The number of hydrogen-bond acceptors (Lipinski definition) is 5. The zero-order valence-electron chi connectivity index (χ0n) is 12.7. The van der Waals surface area contributed by atoms with Gasteiger partial charge in [0, 0.05) is 6.20 Å². The summed E-state index contributed by atoms with van der Waals surface area (Å²) in [6, 6.07) is 9.61. The number of pyridine rings is 1. The van der Waals surface area contributed by atoms with Gasteiger partial charge < -0.3 is 4.74 Å².